The first kappa shape index (κ1) is 11.1. The van der Waals surface area contributed by atoms with Gasteiger partial charge in [0.2, 0.25) is 0 Å². The zero-order valence-corrected chi connectivity index (χ0v) is 9.77. The number of hydrogen-bond donors (Lipinski definition) is 0. The smallest absolute Gasteiger partial charge is 0.322 e. The molecule has 1 atom stereocenters. The third kappa shape index (κ3) is 1.95. The van der Waals surface area contributed by atoms with E-state index in [1.807, 2.05) is 23.3 Å². The molecule has 2 rings (SSSR count). The maximum atomic E-state index is 11.1. The fourth-order valence-electron chi connectivity index (χ4n) is 2.33. The Hall–Kier alpha value is -1.35. The van der Waals surface area contributed by atoms with Crippen molar-refractivity contribution in [3.63, 3.8) is 0 Å². The molecule has 3 heteroatoms. The molecule has 0 radical (unpaired) electrons. The molecule has 3 nitrogen and oxygen atoms in total. The van der Waals surface area contributed by atoms with Crippen LogP contribution in [0.2, 0.25) is 0 Å². The number of rotatable bonds is 2. The van der Waals surface area contributed by atoms with E-state index in [2.05, 4.69) is 19.1 Å². The Kier molecular flexibility index (Phi) is 2.97. The first-order valence-electron chi connectivity index (χ1n) is 5.64. The van der Waals surface area contributed by atoms with Crippen molar-refractivity contribution in [2.75, 3.05) is 6.54 Å². The molecule has 0 aromatic heterocycles. The van der Waals surface area contributed by atoms with Gasteiger partial charge in [0.15, 0.2) is 0 Å². The van der Waals surface area contributed by atoms with Crippen molar-refractivity contribution in [3.05, 3.63) is 35.9 Å². The van der Waals surface area contributed by atoms with Crippen LogP contribution in [-0.4, -0.2) is 17.6 Å². The minimum Gasteiger partial charge on any atom is -0.367 e. The van der Waals surface area contributed by atoms with Gasteiger partial charge in [0.1, 0.15) is 0 Å². The van der Waals surface area contributed by atoms with Crippen molar-refractivity contribution >= 4 is 5.97 Å². The summed E-state index contributed by atoms with van der Waals surface area (Å²) in [4.78, 5) is 16.3. The van der Waals surface area contributed by atoms with Crippen molar-refractivity contribution in [2.24, 2.45) is 0 Å². The van der Waals surface area contributed by atoms with Crippen LogP contribution < -0.4 is 0 Å². The zero-order chi connectivity index (χ0) is 11.6. The van der Waals surface area contributed by atoms with E-state index in [4.69, 9.17) is 4.84 Å². The minimum absolute atomic E-state index is 0.174. The molecule has 0 N–H and O–H groups in total. The molecular formula is C13H17NO2. The van der Waals surface area contributed by atoms with Crippen LogP contribution in [0.1, 0.15) is 32.3 Å². The van der Waals surface area contributed by atoms with Gasteiger partial charge in [-0.15, -0.1) is 5.06 Å². The number of benzene rings is 1. The fourth-order valence-corrected chi connectivity index (χ4v) is 2.33. The third-order valence-corrected chi connectivity index (χ3v) is 3.21. The maximum absolute atomic E-state index is 11.1. The van der Waals surface area contributed by atoms with Crippen molar-refractivity contribution in [2.45, 2.75) is 32.2 Å². The van der Waals surface area contributed by atoms with Crippen LogP contribution in [0, 0.1) is 0 Å². The molecule has 1 aromatic carbocycles. The highest BCUT2D eigenvalue weighted by atomic mass is 16.7. The van der Waals surface area contributed by atoms with Crippen molar-refractivity contribution < 1.29 is 9.63 Å². The molecule has 1 unspecified atom stereocenters. The van der Waals surface area contributed by atoms with Gasteiger partial charge in [-0.1, -0.05) is 30.3 Å². The molecule has 0 spiro atoms. The molecule has 0 saturated carbocycles. The quantitative estimate of drug-likeness (QED) is 0.765. The van der Waals surface area contributed by atoms with E-state index >= 15 is 0 Å². The van der Waals surface area contributed by atoms with E-state index in [1.165, 1.54) is 12.5 Å². The van der Waals surface area contributed by atoms with Gasteiger partial charge in [-0.3, -0.25) is 4.79 Å². The zero-order valence-electron chi connectivity index (χ0n) is 9.77. The topological polar surface area (TPSA) is 29.5 Å². The number of nitrogens with zero attached hydrogens (tertiary/aromatic N) is 1. The van der Waals surface area contributed by atoms with Crippen LogP contribution in [0.4, 0.5) is 0 Å². The molecule has 1 aliphatic rings. The lowest BCUT2D eigenvalue weighted by Gasteiger charge is -2.33. The Morgan fingerprint density at radius 2 is 2.06 bits per heavy atom. The first-order chi connectivity index (χ1) is 7.63. The average Bonchev–Trinajstić information content (AvgIpc) is 2.62. The van der Waals surface area contributed by atoms with Gasteiger partial charge in [-0.2, -0.15) is 0 Å². The predicted octanol–water partition coefficient (Wildman–Crippen LogP) is 2.48. The highest BCUT2D eigenvalue weighted by Crippen LogP contribution is 2.38. The van der Waals surface area contributed by atoms with Gasteiger partial charge < -0.3 is 4.84 Å². The summed E-state index contributed by atoms with van der Waals surface area (Å²) in [5, 5.41) is 1.81. The Labute approximate surface area is 96.0 Å². The molecule has 0 amide bonds. The fraction of sp³-hybridized carbons (Fsp3) is 0.462. The van der Waals surface area contributed by atoms with E-state index in [-0.39, 0.29) is 11.5 Å². The van der Waals surface area contributed by atoms with Gasteiger partial charge >= 0.3 is 5.97 Å². The highest BCUT2D eigenvalue weighted by molar-refractivity contribution is 5.65. The molecule has 1 fully saturated rings. The van der Waals surface area contributed by atoms with E-state index in [0.29, 0.717) is 0 Å². The number of hydrogen-bond acceptors (Lipinski definition) is 3. The Bertz CT molecular complexity index is 377. The SMILES string of the molecule is CC(=O)ON1CCCC1(C)c1ccccc1. The average molecular weight is 219 g/mol. The van der Waals surface area contributed by atoms with Crippen LogP contribution in [0.3, 0.4) is 0 Å². The molecule has 0 aliphatic carbocycles. The maximum Gasteiger partial charge on any atom is 0.322 e. The standard InChI is InChI=1S/C13H17NO2/c1-11(15)16-14-10-6-9-13(14,2)12-7-4-3-5-8-12/h3-5,7-8H,6,9-10H2,1-2H3. The van der Waals surface area contributed by atoms with Gasteiger partial charge in [-0.25, -0.2) is 0 Å². The Morgan fingerprint density at radius 3 is 2.69 bits per heavy atom. The van der Waals surface area contributed by atoms with Crippen LogP contribution in [0.25, 0.3) is 0 Å². The first-order valence-corrected chi connectivity index (χ1v) is 5.64. The van der Waals surface area contributed by atoms with Crippen molar-refractivity contribution in [1.29, 1.82) is 0 Å². The molecule has 0 bridgehead atoms. The summed E-state index contributed by atoms with van der Waals surface area (Å²) in [6.07, 6.45) is 2.07. The highest BCUT2D eigenvalue weighted by Gasteiger charge is 2.40. The summed E-state index contributed by atoms with van der Waals surface area (Å²) in [6.45, 7) is 4.38. The van der Waals surface area contributed by atoms with E-state index in [9.17, 15) is 4.79 Å². The van der Waals surface area contributed by atoms with E-state index in [1.54, 1.807) is 0 Å². The van der Waals surface area contributed by atoms with Crippen LogP contribution >= 0.6 is 0 Å². The molecular weight excluding hydrogens is 202 g/mol. The van der Waals surface area contributed by atoms with Crippen LogP contribution in [0.15, 0.2) is 30.3 Å². The Morgan fingerprint density at radius 1 is 1.38 bits per heavy atom. The second-order valence-corrected chi connectivity index (χ2v) is 4.43. The Balaban J connectivity index is 2.26. The summed E-state index contributed by atoms with van der Waals surface area (Å²) in [7, 11) is 0. The largest absolute Gasteiger partial charge is 0.367 e. The lowest BCUT2D eigenvalue weighted by Crippen LogP contribution is -2.39. The summed E-state index contributed by atoms with van der Waals surface area (Å²) >= 11 is 0. The second-order valence-electron chi connectivity index (χ2n) is 4.43. The molecule has 1 aliphatic heterocycles. The van der Waals surface area contributed by atoms with Gasteiger partial charge in [-0.05, 0) is 25.3 Å². The van der Waals surface area contributed by atoms with Gasteiger partial charge in [0, 0.05) is 13.5 Å². The number of carbonyl (C=O) groups excluding carboxylic acids is 1. The monoisotopic (exact) mass is 219 g/mol. The van der Waals surface area contributed by atoms with Gasteiger partial charge in [0.25, 0.3) is 0 Å². The normalized spacial score (nSPS) is 25.6. The molecule has 86 valence electrons. The number of carbonyl (C=O) groups is 1. The number of hydroxylamine groups is 2. The molecule has 1 saturated heterocycles. The van der Waals surface area contributed by atoms with Crippen LogP contribution in [0.5, 0.6) is 0 Å². The molecule has 1 heterocycles. The van der Waals surface area contributed by atoms with Crippen molar-refractivity contribution in [1.82, 2.24) is 5.06 Å². The van der Waals surface area contributed by atoms with Crippen LogP contribution in [-0.2, 0) is 15.2 Å². The van der Waals surface area contributed by atoms with E-state index < -0.39 is 0 Å². The summed E-state index contributed by atoms with van der Waals surface area (Å²) in [5.74, 6) is -0.246. The third-order valence-electron chi connectivity index (χ3n) is 3.21. The second kappa shape index (κ2) is 4.26. The molecule has 1 aromatic rings. The molecule has 16 heavy (non-hydrogen) atoms. The summed E-state index contributed by atoms with van der Waals surface area (Å²) < 4.78 is 0. The van der Waals surface area contributed by atoms with E-state index in [0.717, 1.165) is 19.4 Å². The lowest BCUT2D eigenvalue weighted by molar-refractivity contribution is -0.208. The summed E-state index contributed by atoms with van der Waals surface area (Å²) in [6, 6.07) is 10.2. The predicted molar refractivity (Wildman–Crippen MR) is 61.5 cm³/mol. The minimum atomic E-state index is -0.246. The van der Waals surface area contributed by atoms with Gasteiger partial charge in [0.05, 0.1) is 5.54 Å². The summed E-state index contributed by atoms with van der Waals surface area (Å²) in [5.41, 5.74) is 1.03. The lowest BCUT2D eigenvalue weighted by atomic mass is 9.90. The van der Waals surface area contributed by atoms with Crippen molar-refractivity contribution in [3.8, 4) is 0 Å².